The summed E-state index contributed by atoms with van der Waals surface area (Å²) in [6.07, 6.45) is 4.22. The summed E-state index contributed by atoms with van der Waals surface area (Å²) < 4.78 is 39.4. The second-order valence-corrected chi connectivity index (χ2v) is 6.94. The number of carbonyl (C=O) groups excluding carboxylic acids is 1. The van der Waals surface area contributed by atoms with Crippen LogP contribution in [-0.2, 0) is 20.2 Å². The molecule has 1 fully saturated rings. The normalized spacial score (nSPS) is 16.8. The largest absolute Gasteiger partial charge is 0.334 e. The molecule has 1 saturated carbocycles. The lowest BCUT2D eigenvalue weighted by Gasteiger charge is -2.40. The van der Waals surface area contributed by atoms with Gasteiger partial charge in [0.15, 0.2) is 5.03 Å². The quantitative estimate of drug-likeness (QED) is 0.891. The molecule has 1 heterocycles. The van der Waals surface area contributed by atoms with Gasteiger partial charge in [0, 0.05) is 0 Å². The zero-order chi connectivity index (χ0) is 15.8. The Morgan fingerprint density at radius 3 is 2.45 bits per heavy atom. The number of nitrogens with one attached hydrogen (secondary N) is 2. The average molecular weight is 323 g/mol. The van der Waals surface area contributed by atoms with Crippen molar-refractivity contribution in [1.29, 1.82) is 0 Å². The number of hydrogen-bond acceptors (Lipinski definition) is 4. The van der Waals surface area contributed by atoms with E-state index in [-0.39, 0.29) is 5.03 Å². The summed E-state index contributed by atoms with van der Waals surface area (Å²) in [4.78, 5) is 18.6. The molecular weight excluding hydrogens is 309 g/mol. The van der Waals surface area contributed by atoms with Gasteiger partial charge in [-0.3, -0.25) is 4.79 Å². The number of benzene rings is 1. The highest BCUT2D eigenvalue weighted by atomic mass is 32.2. The summed E-state index contributed by atoms with van der Waals surface area (Å²) in [6, 6.07) is 5.59. The Bertz CT molecular complexity index is 781. The minimum Gasteiger partial charge on any atom is -0.334 e. The van der Waals surface area contributed by atoms with Crippen LogP contribution < -0.4 is 4.72 Å². The van der Waals surface area contributed by atoms with E-state index in [9.17, 15) is 17.6 Å². The first kappa shape index (κ1) is 14.7. The Kier molecular flexibility index (Phi) is 3.48. The predicted octanol–water partition coefficient (Wildman–Crippen LogP) is 1.48. The molecule has 2 aromatic rings. The zero-order valence-electron chi connectivity index (χ0n) is 11.5. The minimum atomic E-state index is -3.98. The van der Waals surface area contributed by atoms with Crippen LogP contribution in [0.1, 0.15) is 24.8 Å². The van der Waals surface area contributed by atoms with Crippen LogP contribution in [0.15, 0.2) is 41.8 Å². The summed E-state index contributed by atoms with van der Waals surface area (Å²) in [5.74, 6) is -0.997. The summed E-state index contributed by atoms with van der Waals surface area (Å²) >= 11 is 0. The summed E-state index contributed by atoms with van der Waals surface area (Å²) in [5.41, 5.74) is -0.293. The lowest BCUT2D eigenvalue weighted by Crippen LogP contribution is -2.50. The van der Waals surface area contributed by atoms with Gasteiger partial charge in [0.2, 0.25) is 5.91 Å². The van der Waals surface area contributed by atoms with E-state index in [4.69, 9.17) is 0 Å². The number of aromatic nitrogens is 2. The smallest absolute Gasteiger partial charge is 0.281 e. The van der Waals surface area contributed by atoms with E-state index >= 15 is 0 Å². The number of halogens is 1. The van der Waals surface area contributed by atoms with Crippen molar-refractivity contribution in [3.8, 4) is 0 Å². The Morgan fingerprint density at radius 1 is 1.27 bits per heavy atom. The lowest BCUT2D eigenvalue weighted by molar-refractivity contribution is -0.128. The molecule has 1 amide bonds. The van der Waals surface area contributed by atoms with Gasteiger partial charge in [0.1, 0.15) is 5.82 Å². The highest BCUT2D eigenvalue weighted by Gasteiger charge is 2.47. The third-order valence-electron chi connectivity index (χ3n) is 4.03. The molecule has 3 rings (SSSR count). The van der Waals surface area contributed by atoms with Crippen LogP contribution in [0.4, 0.5) is 4.39 Å². The van der Waals surface area contributed by atoms with E-state index in [0.717, 1.165) is 12.6 Å². The fraction of sp³-hybridized carbons (Fsp3) is 0.286. The van der Waals surface area contributed by atoms with Gasteiger partial charge in [-0.2, -0.15) is 8.42 Å². The van der Waals surface area contributed by atoms with Gasteiger partial charge in [0.05, 0.1) is 17.9 Å². The molecule has 1 aromatic carbocycles. The monoisotopic (exact) mass is 323 g/mol. The molecule has 0 unspecified atom stereocenters. The first-order chi connectivity index (χ1) is 10.4. The number of imidazole rings is 1. The maximum atomic E-state index is 13.0. The number of hydrogen-bond donors (Lipinski definition) is 2. The molecule has 0 atom stereocenters. The first-order valence-corrected chi connectivity index (χ1v) is 8.24. The maximum absolute atomic E-state index is 13.0. The third kappa shape index (κ3) is 2.39. The third-order valence-corrected chi connectivity index (χ3v) is 5.28. The second kappa shape index (κ2) is 5.20. The van der Waals surface area contributed by atoms with Crippen LogP contribution >= 0.6 is 0 Å². The number of sulfonamides is 1. The van der Waals surface area contributed by atoms with Crippen molar-refractivity contribution < 1.29 is 17.6 Å². The van der Waals surface area contributed by atoms with Gasteiger partial charge in [0.25, 0.3) is 10.0 Å². The van der Waals surface area contributed by atoms with Crippen molar-refractivity contribution in [2.24, 2.45) is 0 Å². The van der Waals surface area contributed by atoms with Gasteiger partial charge in [-0.05, 0) is 30.5 Å². The van der Waals surface area contributed by atoms with Crippen molar-refractivity contribution in [2.75, 3.05) is 0 Å². The van der Waals surface area contributed by atoms with Gasteiger partial charge in [-0.15, -0.1) is 0 Å². The molecule has 8 heteroatoms. The zero-order valence-corrected chi connectivity index (χ0v) is 12.4. The van der Waals surface area contributed by atoms with Gasteiger partial charge >= 0.3 is 0 Å². The summed E-state index contributed by atoms with van der Waals surface area (Å²) in [6.45, 7) is 0. The van der Waals surface area contributed by atoms with E-state index in [1.54, 1.807) is 0 Å². The molecule has 116 valence electrons. The molecule has 1 aliphatic carbocycles. The number of H-pyrrole nitrogens is 1. The molecule has 22 heavy (non-hydrogen) atoms. The Morgan fingerprint density at radius 2 is 1.95 bits per heavy atom. The van der Waals surface area contributed by atoms with Crippen LogP contribution in [0.3, 0.4) is 0 Å². The number of aromatic amines is 1. The van der Waals surface area contributed by atoms with E-state index in [1.807, 2.05) is 0 Å². The molecule has 1 aromatic heterocycles. The fourth-order valence-electron chi connectivity index (χ4n) is 2.61. The van der Waals surface area contributed by atoms with Crippen LogP contribution in [0, 0.1) is 5.82 Å². The van der Waals surface area contributed by atoms with E-state index < -0.39 is 27.2 Å². The number of amides is 1. The van der Waals surface area contributed by atoms with Gasteiger partial charge in [-0.25, -0.2) is 14.1 Å². The van der Waals surface area contributed by atoms with Gasteiger partial charge < -0.3 is 4.98 Å². The fourth-order valence-corrected chi connectivity index (χ4v) is 3.57. The second-order valence-electron chi connectivity index (χ2n) is 5.29. The van der Waals surface area contributed by atoms with Gasteiger partial charge in [-0.1, -0.05) is 18.6 Å². The van der Waals surface area contributed by atoms with E-state index in [1.165, 1.54) is 30.6 Å². The molecule has 6 nitrogen and oxygen atoms in total. The summed E-state index contributed by atoms with van der Waals surface area (Å²) in [7, 11) is -3.98. The molecule has 0 spiro atoms. The maximum Gasteiger partial charge on any atom is 0.281 e. The minimum absolute atomic E-state index is 0.172. The van der Waals surface area contributed by atoms with E-state index in [2.05, 4.69) is 14.7 Å². The highest BCUT2D eigenvalue weighted by Crippen LogP contribution is 2.44. The number of rotatable bonds is 4. The van der Waals surface area contributed by atoms with Crippen molar-refractivity contribution in [3.63, 3.8) is 0 Å². The van der Waals surface area contributed by atoms with Crippen molar-refractivity contribution in [3.05, 3.63) is 48.2 Å². The molecular formula is C14H14FN3O3S. The van der Waals surface area contributed by atoms with Crippen LogP contribution in [-0.4, -0.2) is 24.3 Å². The number of carbonyl (C=O) groups is 1. The molecule has 0 saturated heterocycles. The summed E-state index contributed by atoms with van der Waals surface area (Å²) in [5, 5.41) is -0.172. The van der Waals surface area contributed by atoms with Crippen molar-refractivity contribution in [2.45, 2.75) is 29.7 Å². The highest BCUT2D eigenvalue weighted by molar-refractivity contribution is 7.90. The van der Waals surface area contributed by atoms with Crippen LogP contribution in [0.5, 0.6) is 0 Å². The number of nitrogens with zero attached hydrogens (tertiary/aromatic N) is 1. The molecule has 1 aliphatic rings. The molecule has 0 radical (unpaired) electrons. The predicted molar refractivity (Wildman–Crippen MR) is 75.8 cm³/mol. The molecule has 2 N–H and O–H groups in total. The van der Waals surface area contributed by atoms with E-state index in [0.29, 0.717) is 18.4 Å². The standard InChI is InChI=1S/C14H14FN3O3S/c15-11-4-2-10(3-5-11)14(6-1-7-14)13(19)18-22(20,21)12-8-16-9-17-12/h2-5,8-9H,1,6-7H2,(H,16,17)(H,18,19). The Hall–Kier alpha value is -2.22. The molecule has 0 aliphatic heterocycles. The average Bonchev–Trinajstić information content (AvgIpc) is 2.94. The SMILES string of the molecule is O=C(NS(=O)(=O)c1cnc[nH]1)C1(c2ccc(F)cc2)CCC1. The topological polar surface area (TPSA) is 91.9 Å². The molecule has 0 bridgehead atoms. The van der Waals surface area contributed by atoms with Crippen molar-refractivity contribution >= 4 is 15.9 Å². The lowest BCUT2D eigenvalue weighted by atomic mass is 9.64. The van der Waals surface area contributed by atoms with Crippen molar-refractivity contribution in [1.82, 2.24) is 14.7 Å². The van der Waals surface area contributed by atoms with Crippen LogP contribution in [0.25, 0.3) is 0 Å². The van der Waals surface area contributed by atoms with Crippen LogP contribution in [0.2, 0.25) is 0 Å². The first-order valence-electron chi connectivity index (χ1n) is 6.76. The Balaban J connectivity index is 1.88. The Labute approximate surface area is 126 Å².